The van der Waals surface area contributed by atoms with Gasteiger partial charge in [0.2, 0.25) is 0 Å². The van der Waals surface area contributed by atoms with Gasteiger partial charge >= 0.3 is 0 Å². The molecule has 21 heavy (non-hydrogen) atoms. The summed E-state index contributed by atoms with van der Waals surface area (Å²) in [6.07, 6.45) is 7.35. The Kier molecular flexibility index (Phi) is 4.10. The average Bonchev–Trinajstić information content (AvgIpc) is 3.24. The molecular formula is C16H17N3OS. The van der Waals surface area contributed by atoms with Crippen LogP contribution >= 0.6 is 11.3 Å². The van der Waals surface area contributed by atoms with Crippen molar-refractivity contribution in [1.29, 1.82) is 0 Å². The predicted molar refractivity (Wildman–Crippen MR) is 83.3 cm³/mol. The fourth-order valence-electron chi connectivity index (χ4n) is 2.16. The van der Waals surface area contributed by atoms with E-state index in [1.165, 1.54) is 0 Å². The standard InChI is InChI=1S/C16H17N3OS/c1-2-6-19(10-12-5-7-21-11-12)16(20)14-8-17-15(18-9-14)13-3-4-13/h2,5,7-9,11,13H,1,3-4,6,10H2. The van der Waals surface area contributed by atoms with Crippen LogP contribution in [-0.2, 0) is 6.54 Å². The maximum atomic E-state index is 12.6. The van der Waals surface area contributed by atoms with Gasteiger partial charge in [0.1, 0.15) is 5.82 Å². The zero-order chi connectivity index (χ0) is 14.7. The van der Waals surface area contributed by atoms with E-state index in [2.05, 4.69) is 21.9 Å². The minimum absolute atomic E-state index is 0.0524. The SMILES string of the molecule is C=CCN(Cc1ccsc1)C(=O)c1cnc(C2CC2)nc1. The van der Waals surface area contributed by atoms with Crippen molar-refractivity contribution in [3.05, 3.63) is 58.8 Å². The van der Waals surface area contributed by atoms with Crippen LogP contribution in [0.15, 0.2) is 41.9 Å². The van der Waals surface area contributed by atoms with E-state index in [-0.39, 0.29) is 5.91 Å². The summed E-state index contributed by atoms with van der Waals surface area (Å²) in [5.41, 5.74) is 1.67. The van der Waals surface area contributed by atoms with Crippen molar-refractivity contribution in [3.8, 4) is 0 Å². The van der Waals surface area contributed by atoms with E-state index >= 15 is 0 Å². The highest BCUT2D eigenvalue weighted by molar-refractivity contribution is 7.07. The topological polar surface area (TPSA) is 46.1 Å². The highest BCUT2D eigenvalue weighted by atomic mass is 32.1. The highest BCUT2D eigenvalue weighted by Gasteiger charge is 2.26. The number of aromatic nitrogens is 2. The van der Waals surface area contributed by atoms with Gasteiger partial charge in [0.25, 0.3) is 5.91 Å². The molecule has 0 bridgehead atoms. The van der Waals surface area contributed by atoms with E-state index in [1.54, 1.807) is 34.7 Å². The summed E-state index contributed by atoms with van der Waals surface area (Å²) in [6, 6.07) is 2.03. The molecule has 0 aliphatic heterocycles. The zero-order valence-corrected chi connectivity index (χ0v) is 12.6. The fourth-order valence-corrected chi connectivity index (χ4v) is 2.82. The van der Waals surface area contributed by atoms with Crippen molar-refractivity contribution in [2.24, 2.45) is 0 Å². The predicted octanol–water partition coefficient (Wildman–Crippen LogP) is 3.24. The van der Waals surface area contributed by atoms with Gasteiger partial charge in [-0.05, 0) is 35.2 Å². The highest BCUT2D eigenvalue weighted by Crippen LogP contribution is 2.37. The molecule has 0 unspecified atom stereocenters. The number of carbonyl (C=O) groups excluding carboxylic acids is 1. The monoisotopic (exact) mass is 299 g/mol. The van der Waals surface area contributed by atoms with Gasteiger partial charge in [0, 0.05) is 31.4 Å². The molecule has 0 N–H and O–H groups in total. The van der Waals surface area contributed by atoms with Gasteiger partial charge < -0.3 is 4.90 Å². The third-order valence-electron chi connectivity index (χ3n) is 3.45. The van der Waals surface area contributed by atoms with E-state index in [1.807, 2.05) is 11.4 Å². The summed E-state index contributed by atoms with van der Waals surface area (Å²) in [4.78, 5) is 23.0. The lowest BCUT2D eigenvalue weighted by Gasteiger charge is -2.20. The number of carbonyl (C=O) groups is 1. The molecule has 0 spiro atoms. The van der Waals surface area contributed by atoms with Crippen molar-refractivity contribution in [1.82, 2.24) is 14.9 Å². The lowest BCUT2D eigenvalue weighted by atomic mass is 10.2. The molecule has 5 heteroatoms. The molecule has 1 saturated carbocycles. The molecule has 2 aromatic heterocycles. The molecule has 108 valence electrons. The first-order valence-corrected chi connectivity index (χ1v) is 7.95. The maximum absolute atomic E-state index is 12.6. The van der Waals surface area contributed by atoms with Gasteiger partial charge in [-0.3, -0.25) is 4.79 Å². The molecule has 0 radical (unpaired) electrons. The largest absolute Gasteiger partial charge is 0.330 e. The van der Waals surface area contributed by atoms with Crippen molar-refractivity contribution in [2.75, 3.05) is 6.54 Å². The smallest absolute Gasteiger partial charge is 0.257 e. The first-order valence-electron chi connectivity index (χ1n) is 7.01. The van der Waals surface area contributed by atoms with Crippen LogP contribution in [0.25, 0.3) is 0 Å². The lowest BCUT2D eigenvalue weighted by Crippen LogP contribution is -2.30. The Hall–Kier alpha value is -2.01. The van der Waals surface area contributed by atoms with Gasteiger partial charge in [-0.25, -0.2) is 9.97 Å². The van der Waals surface area contributed by atoms with Gasteiger partial charge in [-0.15, -0.1) is 6.58 Å². The van der Waals surface area contributed by atoms with Crippen LogP contribution in [0.4, 0.5) is 0 Å². The minimum Gasteiger partial charge on any atom is -0.330 e. The second-order valence-electron chi connectivity index (χ2n) is 5.21. The van der Waals surface area contributed by atoms with Crippen molar-refractivity contribution in [3.63, 3.8) is 0 Å². The number of nitrogens with zero attached hydrogens (tertiary/aromatic N) is 3. The maximum Gasteiger partial charge on any atom is 0.257 e. The first kappa shape index (κ1) is 13.9. The molecule has 0 saturated heterocycles. The van der Waals surface area contributed by atoms with Gasteiger partial charge in [0.15, 0.2) is 0 Å². The fraction of sp³-hybridized carbons (Fsp3) is 0.312. The molecular weight excluding hydrogens is 282 g/mol. The normalized spacial score (nSPS) is 13.9. The Labute approximate surface area is 128 Å². The number of hydrogen-bond acceptors (Lipinski definition) is 4. The van der Waals surface area contributed by atoms with Crippen LogP contribution in [0, 0.1) is 0 Å². The van der Waals surface area contributed by atoms with E-state index in [0.29, 0.717) is 24.6 Å². The van der Waals surface area contributed by atoms with Crippen LogP contribution < -0.4 is 0 Å². The van der Waals surface area contributed by atoms with Crippen LogP contribution in [0.3, 0.4) is 0 Å². The molecule has 1 amide bonds. The third-order valence-corrected chi connectivity index (χ3v) is 4.18. The average molecular weight is 299 g/mol. The Morgan fingerprint density at radius 3 is 2.76 bits per heavy atom. The van der Waals surface area contributed by atoms with Gasteiger partial charge in [-0.2, -0.15) is 11.3 Å². The minimum atomic E-state index is -0.0524. The Balaban J connectivity index is 1.74. The van der Waals surface area contributed by atoms with E-state index in [9.17, 15) is 4.79 Å². The van der Waals surface area contributed by atoms with E-state index in [4.69, 9.17) is 0 Å². The summed E-state index contributed by atoms with van der Waals surface area (Å²) in [7, 11) is 0. The van der Waals surface area contributed by atoms with E-state index < -0.39 is 0 Å². The quantitative estimate of drug-likeness (QED) is 0.769. The number of amides is 1. The molecule has 1 aliphatic carbocycles. The number of rotatable bonds is 6. The second-order valence-corrected chi connectivity index (χ2v) is 5.99. The Bertz CT molecular complexity index is 617. The van der Waals surface area contributed by atoms with Crippen LogP contribution in [0.5, 0.6) is 0 Å². The Morgan fingerprint density at radius 1 is 1.43 bits per heavy atom. The third kappa shape index (κ3) is 3.36. The molecule has 3 rings (SSSR count). The van der Waals surface area contributed by atoms with Crippen molar-refractivity contribution < 1.29 is 4.79 Å². The summed E-state index contributed by atoms with van der Waals surface area (Å²) >= 11 is 1.63. The molecule has 1 aliphatic rings. The summed E-state index contributed by atoms with van der Waals surface area (Å²) in [6.45, 7) is 4.82. The Morgan fingerprint density at radius 2 is 2.19 bits per heavy atom. The molecule has 0 aromatic carbocycles. The molecule has 4 nitrogen and oxygen atoms in total. The number of thiophene rings is 1. The number of hydrogen-bond donors (Lipinski definition) is 0. The van der Waals surface area contributed by atoms with Gasteiger partial charge in [-0.1, -0.05) is 6.08 Å². The second kappa shape index (κ2) is 6.18. The molecule has 1 fully saturated rings. The van der Waals surface area contributed by atoms with E-state index in [0.717, 1.165) is 24.2 Å². The lowest BCUT2D eigenvalue weighted by molar-refractivity contribution is 0.0762. The van der Waals surface area contributed by atoms with Gasteiger partial charge in [0.05, 0.1) is 5.56 Å². The summed E-state index contributed by atoms with van der Waals surface area (Å²) in [5, 5.41) is 4.06. The van der Waals surface area contributed by atoms with Crippen molar-refractivity contribution >= 4 is 17.2 Å². The molecule has 2 aromatic rings. The van der Waals surface area contributed by atoms with Crippen LogP contribution in [-0.4, -0.2) is 27.3 Å². The molecule has 0 atom stereocenters. The van der Waals surface area contributed by atoms with Crippen molar-refractivity contribution in [2.45, 2.75) is 25.3 Å². The first-order chi connectivity index (χ1) is 10.3. The summed E-state index contributed by atoms with van der Waals surface area (Å²) < 4.78 is 0. The summed E-state index contributed by atoms with van der Waals surface area (Å²) in [5.74, 6) is 1.31. The zero-order valence-electron chi connectivity index (χ0n) is 11.7. The molecule has 2 heterocycles. The van der Waals surface area contributed by atoms with Crippen LogP contribution in [0.1, 0.15) is 40.5 Å². The van der Waals surface area contributed by atoms with Crippen LogP contribution in [0.2, 0.25) is 0 Å².